The number of aryl methyl sites for hydroxylation is 1. The molecule has 0 aliphatic heterocycles. The number of carbonyl (C=O) groups is 1. The van der Waals surface area contributed by atoms with Gasteiger partial charge in [0.1, 0.15) is 0 Å². The van der Waals surface area contributed by atoms with E-state index in [1.165, 1.54) is 0 Å². The molecule has 0 atom stereocenters. The van der Waals surface area contributed by atoms with E-state index in [0.29, 0.717) is 34.6 Å². The molecule has 6 heteroatoms. The van der Waals surface area contributed by atoms with Crippen molar-refractivity contribution in [2.24, 2.45) is 0 Å². The molecule has 1 aromatic carbocycles. The van der Waals surface area contributed by atoms with Gasteiger partial charge in [0.15, 0.2) is 0 Å². The first-order valence-electron chi connectivity index (χ1n) is 8.23. The zero-order chi connectivity index (χ0) is 17.9. The third kappa shape index (κ3) is 3.04. The molecule has 26 heavy (non-hydrogen) atoms. The first kappa shape index (κ1) is 16.0. The van der Waals surface area contributed by atoms with E-state index in [9.17, 15) is 4.79 Å². The van der Waals surface area contributed by atoms with Crippen molar-refractivity contribution in [3.8, 4) is 11.3 Å². The van der Waals surface area contributed by atoms with Crippen LogP contribution in [0.15, 0.2) is 65.3 Å². The average molecular weight is 344 g/mol. The van der Waals surface area contributed by atoms with Crippen LogP contribution in [0.2, 0.25) is 0 Å². The summed E-state index contributed by atoms with van der Waals surface area (Å²) < 4.78 is 5.31. The topological polar surface area (TPSA) is 80.9 Å². The number of carbonyl (C=O) groups excluding carboxylic acids is 1. The zero-order valence-corrected chi connectivity index (χ0v) is 14.1. The number of amides is 1. The summed E-state index contributed by atoms with van der Waals surface area (Å²) in [6.07, 6.45) is 1.70. The predicted octanol–water partition coefficient (Wildman–Crippen LogP) is 3.52. The van der Waals surface area contributed by atoms with Crippen molar-refractivity contribution in [3.63, 3.8) is 0 Å². The number of benzene rings is 1. The Labute approximate surface area is 149 Å². The highest BCUT2D eigenvalue weighted by Crippen LogP contribution is 2.26. The molecule has 3 aromatic heterocycles. The summed E-state index contributed by atoms with van der Waals surface area (Å²) in [4.78, 5) is 21.6. The second kappa shape index (κ2) is 6.76. The number of pyridine rings is 2. The van der Waals surface area contributed by atoms with Gasteiger partial charge in [0.05, 0.1) is 34.6 Å². The average Bonchev–Trinajstić information content (AvgIpc) is 3.08. The van der Waals surface area contributed by atoms with Gasteiger partial charge in [-0.15, -0.1) is 0 Å². The molecule has 1 amide bonds. The van der Waals surface area contributed by atoms with E-state index in [1.54, 1.807) is 19.2 Å². The van der Waals surface area contributed by atoms with Gasteiger partial charge in [0, 0.05) is 11.8 Å². The van der Waals surface area contributed by atoms with Crippen molar-refractivity contribution < 1.29 is 9.32 Å². The third-order valence-corrected chi connectivity index (χ3v) is 4.09. The van der Waals surface area contributed by atoms with Crippen molar-refractivity contribution in [1.29, 1.82) is 0 Å². The number of nitrogens with zero attached hydrogens (tertiary/aromatic N) is 3. The molecule has 128 valence electrons. The van der Waals surface area contributed by atoms with Crippen molar-refractivity contribution in [2.75, 3.05) is 0 Å². The molecule has 4 aromatic rings. The van der Waals surface area contributed by atoms with Gasteiger partial charge in [0.25, 0.3) is 11.6 Å². The van der Waals surface area contributed by atoms with Crippen LogP contribution in [0.1, 0.15) is 21.7 Å². The molecule has 0 bridgehead atoms. The predicted molar refractivity (Wildman–Crippen MR) is 97.4 cm³/mol. The second-order valence-corrected chi connectivity index (χ2v) is 5.87. The Hall–Kier alpha value is -3.54. The normalized spacial score (nSPS) is 10.8. The molecule has 0 unspecified atom stereocenters. The highest BCUT2D eigenvalue weighted by molar-refractivity contribution is 6.06. The standard InChI is InChI=1S/C20H16N4O2/c1-13-18-16(19(25)22-12-15-9-5-6-10-21-15)11-17(23-20(18)26-24-13)14-7-3-2-4-8-14/h2-11H,12H2,1H3,(H,22,25). The van der Waals surface area contributed by atoms with Crippen molar-refractivity contribution >= 4 is 17.0 Å². The van der Waals surface area contributed by atoms with E-state index in [1.807, 2.05) is 48.5 Å². The molecule has 0 aliphatic carbocycles. The number of hydrogen-bond acceptors (Lipinski definition) is 5. The van der Waals surface area contributed by atoms with Crippen LogP contribution in [0, 0.1) is 6.92 Å². The summed E-state index contributed by atoms with van der Waals surface area (Å²) in [6, 6.07) is 17.0. The van der Waals surface area contributed by atoms with Gasteiger partial charge in [-0.1, -0.05) is 41.6 Å². The van der Waals surface area contributed by atoms with Crippen LogP contribution in [0.3, 0.4) is 0 Å². The Morgan fingerprint density at radius 1 is 1.12 bits per heavy atom. The number of rotatable bonds is 4. The molecule has 0 spiro atoms. The minimum atomic E-state index is -0.216. The first-order valence-corrected chi connectivity index (χ1v) is 8.23. The first-order chi connectivity index (χ1) is 12.7. The van der Waals surface area contributed by atoms with E-state index < -0.39 is 0 Å². The molecular weight excluding hydrogens is 328 g/mol. The summed E-state index contributed by atoms with van der Waals surface area (Å²) in [5, 5.41) is 7.49. The van der Waals surface area contributed by atoms with Crippen molar-refractivity contribution in [3.05, 3.63) is 77.7 Å². The van der Waals surface area contributed by atoms with Crippen LogP contribution >= 0.6 is 0 Å². The summed E-state index contributed by atoms with van der Waals surface area (Å²) in [7, 11) is 0. The molecule has 0 saturated heterocycles. The van der Waals surface area contributed by atoms with Gasteiger partial charge in [-0.25, -0.2) is 4.98 Å². The Bertz CT molecular complexity index is 1060. The maximum absolute atomic E-state index is 12.8. The molecule has 4 rings (SSSR count). The van der Waals surface area contributed by atoms with E-state index in [4.69, 9.17) is 4.52 Å². The quantitative estimate of drug-likeness (QED) is 0.612. The Kier molecular flexibility index (Phi) is 4.15. The van der Waals surface area contributed by atoms with Crippen LogP contribution in [0.4, 0.5) is 0 Å². The minimum absolute atomic E-state index is 0.216. The van der Waals surface area contributed by atoms with Crippen LogP contribution in [-0.2, 0) is 6.54 Å². The van der Waals surface area contributed by atoms with E-state index in [-0.39, 0.29) is 5.91 Å². The van der Waals surface area contributed by atoms with E-state index in [2.05, 4.69) is 20.4 Å². The van der Waals surface area contributed by atoms with Crippen LogP contribution in [-0.4, -0.2) is 21.0 Å². The number of nitrogens with one attached hydrogen (secondary N) is 1. The molecule has 0 radical (unpaired) electrons. The minimum Gasteiger partial charge on any atom is -0.346 e. The molecular formula is C20H16N4O2. The molecule has 0 saturated carbocycles. The Morgan fingerprint density at radius 2 is 1.92 bits per heavy atom. The lowest BCUT2D eigenvalue weighted by atomic mass is 10.1. The number of aromatic nitrogens is 3. The monoisotopic (exact) mass is 344 g/mol. The molecule has 3 heterocycles. The highest BCUT2D eigenvalue weighted by atomic mass is 16.5. The molecule has 0 aliphatic rings. The maximum Gasteiger partial charge on any atom is 0.259 e. The molecule has 1 N–H and O–H groups in total. The third-order valence-electron chi connectivity index (χ3n) is 4.09. The lowest BCUT2D eigenvalue weighted by Crippen LogP contribution is -2.23. The number of hydrogen-bond donors (Lipinski definition) is 1. The summed E-state index contributed by atoms with van der Waals surface area (Å²) in [5.41, 5.74) is 3.83. The van der Waals surface area contributed by atoms with Gasteiger partial charge < -0.3 is 9.84 Å². The van der Waals surface area contributed by atoms with Crippen LogP contribution in [0.5, 0.6) is 0 Å². The largest absolute Gasteiger partial charge is 0.346 e. The fourth-order valence-electron chi connectivity index (χ4n) is 2.80. The van der Waals surface area contributed by atoms with Crippen LogP contribution in [0.25, 0.3) is 22.4 Å². The van der Waals surface area contributed by atoms with Gasteiger partial charge in [-0.3, -0.25) is 9.78 Å². The van der Waals surface area contributed by atoms with Gasteiger partial charge >= 0.3 is 0 Å². The van der Waals surface area contributed by atoms with Gasteiger partial charge in [-0.05, 0) is 25.1 Å². The lowest BCUT2D eigenvalue weighted by Gasteiger charge is -2.08. The Morgan fingerprint density at radius 3 is 2.69 bits per heavy atom. The lowest BCUT2D eigenvalue weighted by molar-refractivity contribution is 0.0952. The zero-order valence-electron chi connectivity index (χ0n) is 14.1. The van der Waals surface area contributed by atoms with Crippen molar-refractivity contribution in [1.82, 2.24) is 20.4 Å². The maximum atomic E-state index is 12.8. The second-order valence-electron chi connectivity index (χ2n) is 5.87. The SMILES string of the molecule is Cc1noc2nc(-c3ccccc3)cc(C(=O)NCc3ccccn3)c12. The smallest absolute Gasteiger partial charge is 0.259 e. The Balaban J connectivity index is 1.72. The highest BCUT2D eigenvalue weighted by Gasteiger charge is 2.19. The van der Waals surface area contributed by atoms with Gasteiger partial charge in [0.2, 0.25) is 0 Å². The fraction of sp³-hybridized carbons (Fsp3) is 0.100. The van der Waals surface area contributed by atoms with Crippen molar-refractivity contribution in [2.45, 2.75) is 13.5 Å². The summed E-state index contributed by atoms with van der Waals surface area (Å²) in [5.74, 6) is -0.216. The van der Waals surface area contributed by atoms with Gasteiger partial charge in [-0.2, -0.15) is 0 Å². The summed E-state index contributed by atoms with van der Waals surface area (Å²) in [6.45, 7) is 2.14. The number of fused-ring (bicyclic) bond motifs is 1. The summed E-state index contributed by atoms with van der Waals surface area (Å²) >= 11 is 0. The van der Waals surface area contributed by atoms with E-state index >= 15 is 0 Å². The van der Waals surface area contributed by atoms with E-state index in [0.717, 1.165) is 11.3 Å². The molecule has 0 fully saturated rings. The molecule has 6 nitrogen and oxygen atoms in total. The fourth-order valence-corrected chi connectivity index (χ4v) is 2.80. The van der Waals surface area contributed by atoms with Crippen LogP contribution < -0.4 is 5.32 Å².